The second-order valence-corrected chi connectivity index (χ2v) is 10.9. The summed E-state index contributed by atoms with van der Waals surface area (Å²) in [5.74, 6) is 0.658. The summed E-state index contributed by atoms with van der Waals surface area (Å²) in [6, 6.07) is 13.3. The number of carbonyl (C=O) groups is 3. The van der Waals surface area contributed by atoms with Crippen molar-refractivity contribution in [2.75, 3.05) is 26.4 Å². The molecule has 0 unspecified atom stereocenters. The van der Waals surface area contributed by atoms with Gasteiger partial charge in [0.2, 0.25) is 0 Å². The van der Waals surface area contributed by atoms with E-state index in [1.165, 1.54) is 5.56 Å². The van der Waals surface area contributed by atoms with Gasteiger partial charge >= 0.3 is 5.97 Å². The summed E-state index contributed by atoms with van der Waals surface area (Å²) in [5.41, 5.74) is 1.98. The van der Waals surface area contributed by atoms with Crippen LogP contribution in [0, 0.1) is 0 Å². The first kappa shape index (κ1) is 29.1. The Hall–Kier alpha value is -3.46. The lowest BCUT2D eigenvalue weighted by atomic mass is 9.87. The van der Waals surface area contributed by atoms with Crippen LogP contribution in [0.25, 0.3) is 6.08 Å². The molecule has 2 aromatic rings. The normalized spacial score (nSPS) is 14.8. The van der Waals surface area contributed by atoms with Gasteiger partial charge in [-0.2, -0.15) is 0 Å². The third kappa shape index (κ3) is 8.02. The molecule has 1 aliphatic heterocycles. The number of nitrogens with zero attached hydrogens (tertiary/aromatic N) is 1. The molecular weight excluding hydrogens is 506 g/mol. The number of ether oxygens (including phenoxy) is 4. The van der Waals surface area contributed by atoms with Gasteiger partial charge < -0.3 is 18.9 Å². The third-order valence-corrected chi connectivity index (χ3v) is 6.33. The van der Waals surface area contributed by atoms with E-state index < -0.39 is 23.7 Å². The quantitative estimate of drug-likeness (QED) is 0.199. The van der Waals surface area contributed by atoms with Crippen LogP contribution in [0.15, 0.2) is 47.4 Å². The van der Waals surface area contributed by atoms with Gasteiger partial charge in [-0.15, -0.1) is 0 Å². The minimum atomic E-state index is -0.630. The molecule has 2 aromatic carbocycles. The van der Waals surface area contributed by atoms with Crippen LogP contribution in [0.5, 0.6) is 17.2 Å². The molecule has 38 heavy (non-hydrogen) atoms. The number of amides is 2. The molecule has 3 rings (SSSR count). The molecule has 0 bridgehead atoms. The van der Waals surface area contributed by atoms with Gasteiger partial charge in [0.15, 0.2) is 11.5 Å². The molecular formula is C29H35NO7S. The Bertz CT molecular complexity index is 1180. The van der Waals surface area contributed by atoms with Crippen LogP contribution in [0.1, 0.15) is 52.7 Å². The predicted molar refractivity (Wildman–Crippen MR) is 148 cm³/mol. The average molecular weight is 542 g/mol. The van der Waals surface area contributed by atoms with Crippen molar-refractivity contribution >= 4 is 35.0 Å². The van der Waals surface area contributed by atoms with Gasteiger partial charge in [0, 0.05) is 0 Å². The van der Waals surface area contributed by atoms with Crippen molar-refractivity contribution in [1.82, 2.24) is 4.90 Å². The van der Waals surface area contributed by atoms with E-state index in [4.69, 9.17) is 18.9 Å². The van der Waals surface area contributed by atoms with Crippen molar-refractivity contribution in [1.29, 1.82) is 0 Å². The first-order valence-electron chi connectivity index (χ1n) is 12.6. The first-order chi connectivity index (χ1) is 18.0. The maximum absolute atomic E-state index is 12.7. The molecule has 9 heteroatoms. The Morgan fingerprint density at radius 1 is 0.974 bits per heavy atom. The zero-order chi connectivity index (χ0) is 27.9. The minimum Gasteiger partial charge on any atom is -0.490 e. The van der Waals surface area contributed by atoms with Crippen LogP contribution >= 0.6 is 11.8 Å². The topological polar surface area (TPSA) is 91.4 Å². The number of benzene rings is 2. The Kier molecular flexibility index (Phi) is 9.85. The van der Waals surface area contributed by atoms with E-state index in [0.717, 1.165) is 22.4 Å². The van der Waals surface area contributed by atoms with Crippen molar-refractivity contribution in [2.45, 2.75) is 53.1 Å². The highest BCUT2D eigenvalue weighted by molar-refractivity contribution is 8.18. The molecule has 0 spiro atoms. The molecule has 0 N–H and O–H groups in total. The van der Waals surface area contributed by atoms with Crippen LogP contribution in [-0.2, 0) is 19.7 Å². The molecule has 1 fully saturated rings. The molecule has 1 aliphatic rings. The maximum atomic E-state index is 12.7. The molecule has 0 aromatic heterocycles. The highest BCUT2D eigenvalue weighted by Gasteiger charge is 2.36. The monoisotopic (exact) mass is 541 g/mol. The van der Waals surface area contributed by atoms with E-state index in [0.29, 0.717) is 36.9 Å². The molecule has 8 nitrogen and oxygen atoms in total. The summed E-state index contributed by atoms with van der Waals surface area (Å²) in [6.45, 7) is 12.4. The summed E-state index contributed by atoms with van der Waals surface area (Å²) in [6.07, 6.45) is 1.26. The first-order valence-corrected chi connectivity index (χ1v) is 13.4. The van der Waals surface area contributed by atoms with E-state index in [1.54, 1.807) is 38.1 Å². The fourth-order valence-electron chi connectivity index (χ4n) is 3.58. The number of imide groups is 1. The molecule has 204 valence electrons. The van der Waals surface area contributed by atoms with Crippen LogP contribution in [0.4, 0.5) is 4.79 Å². The van der Waals surface area contributed by atoms with Gasteiger partial charge in [-0.05, 0) is 79.4 Å². The third-order valence-electron chi connectivity index (χ3n) is 5.42. The summed E-state index contributed by atoms with van der Waals surface area (Å²) in [5, 5.41) is -0.514. The summed E-state index contributed by atoms with van der Waals surface area (Å²) >= 11 is 0.780. The van der Waals surface area contributed by atoms with Gasteiger partial charge in [0.05, 0.1) is 17.6 Å². The molecule has 0 atom stereocenters. The Morgan fingerprint density at radius 3 is 2.29 bits per heavy atom. The number of esters is 1. The van der Waals surface area contributed by atoms with E-state index in [2.05, 4.69) is 32.9 Å². The van der Waals surface area contributed by atoms with Crippen molar-refractivity contribution in [3.05, 3.63) is 58.5 Å². The van der Waals surface area contributed by atoms with Gasteiger partial charge in [-0.3, -0.25) is 19.3 Å². The molecule has 0 aliphatic carbocycles. The molecule has 0 saturated carbocycles. The zero-order valence-corrected chi connectivity index (χ0v) is 23.6. The number of carbonyl (C=O) groups excluding carboxylic acids is 3. The van der Waals surface area contributed by atoms with Gasteiger partial charge in [-0.25, -0.2) is 0 Å². The van der Waals surface area contributed by atoms with E-state index >= 15 is 0 Å². The van der Waals surface area contributed by atoms with E-state index in [-0.39, 0.29) is 16.4 Å². The predicted octanol–water partition coefficient (Wildman–Crippen LogP) is 5.83. The highest BCUT2D eigenvalue weighted by atomic mass is 32.2. The SMILES string of the molecule is CCOc1cc(/C=C2\SC(=O)N(CC(=O)OC(C)C)C2=O)ccc1OCCOc1ccc(C(C)(C)C)cc1. The van der Waals surface area contributed by atoms with Crippen LogP contribution in [0.2, 0.25) is 0 Å². The maximum Gasteiger partial charge on any atom is 0.326 e. The highest BCUT2D eigenvalue weighted by Crippen LogP contribution is 2.35. The van der Waals surface area contributed by atoms with Crippen molar-refractivity contribution in [3.63, 3.8) is 0 Å². The van der Waals surface area contributed by atoms with Crippen molar-refractivity contribution < 1.29 is 33.3 Å². The Labute approximate surface area is 228 Å². The lowest BCUT2D eigenvalue weighted by molar-refractivity contribution is -0.149. The number of hydrogen-bond acceptors (Lipinski definition) is 8. The Morgan fingerprint density at radius 2 is 1.66 bits per heavy atom. The van der Waals surface area contributed by atoms with Crippen molar-refractivity contribution in [2.24, 2.45) is 0 Å². The zero-order valence-electron chi connectivity index (χ0n) is 22.7. The average Bonchev–Trinajstić information content (AvgIpc) is 3.09. The lowest BCUT2D eigenvalue weighted by Crippen LogP contribution is -2.35. The smallest absolute Gasteiger partial charge is 0.326 e. The number of thioether (sulfide) groups is 1. The standard InChI is InChI=1S/C29H35NO7S/c1-7-34-24-16-20(17-25-27(32)30(28(33)38-25)18-26(31)37-19(2)3)8-13-23(24)36-15-14-35-22-11-9-21(10-12-22)29(4,5)6/h8-13,16-17,19H,7,14-15,18H2,1-6H3/b25-17-. The summed E-state index contributed by atoms with van der Waals surface area (Å²) < 4.78 is 22.5. The Balaban J connectivity index is 1.61. The minimum absolute atomic E-state index is 0.0829. The number of hydrogen-bond donors (Lipinski definition) is 0. The fraction of sp³-hybridized carbons (Fsp3) is 0.414. The molecule has 1 heterocycles. The van der Waals surface area contributed by atoms with Gasteiger partial charge in [0.25, 0.3) is 11.1 Å². The fourth-order valence-corrected chi connectivity index (χ4v) is 4.42. The lowest BCUT2D eigenvalue weighted by Gasteiger charge is -2.19. The molecule has 1 saturated heterocycles. The van der Waals surface area contributed by atoms with Crippen LogP contribution in [-0.4, -0.2) is 54.5 Å². The second kappa shape index (κ2) is 12.9. The molecule has 0 radical (unpaired) electrons. The summed E-state index contributed by atoms with van der Waals surface area (Å²) in [7, 11) is 0. The van der Waals surface area contributed by atoms with Crippen LogP contribution < -0.4 is 14.2 Å². The number of rotatable bonds is 11. The molecule has 2 amide bonds. The van der Waals surface area contributed by atoms with E-state index in [9.17, 15) is 14.4 Å². The van der Waals surface area contributed by atoms with E-state index in [1.807, 2.05) is 19.1 Å². The van der Waals surface area contributed by atoms with Gasteiger partial charge in [-0.1, -0.05) is 39.0 Å². The largest absolute Gasteiger partial charge is 0.490 e. The van der Waals surface area contributed by atoms with Gasteiger partial charge in [0.1, 0.15) is 25.5 Å². The van der Waals surface area contributed by atoms with Crippen LogP contribution in [0.3, 0.4) is 0 Å². The summed E-state index contributed by atoms with van der Waals surface area (Å²) in [4.78, 5) is 38.0. The second-order valence-electron chi connectivity index (χ2n) is 9.92. The van der Waals surface area contributed by atoms with Crippen molar-refractivity contribution in [3.8, 4) is 17.2 Å².